The van der Waals surface area contributed by atoms with Crippen LogP contribution in [0.1, 0.15) is 57.8 Å². The molecule has 0 atom stereocenters. The fraction of sp³-hybridized carbons (Fsp3) is 0.846. The van der Waals surface area contributed by atoms with E-state index in [2.05, 4.69) is 6.42 Å². The second kappa shape index (κ2) is 5.53. The normalized spacial score (nSPS) is 25.1. The van der Waals surface area contributed by atoms with Crippen molar-refractivity contribution in [1.29, 1.82) is 0 Å². The van der Waals surface area contributed by atoms with E-state index in [0.717, 1.165) is 38.5 Å². The van der Waals surface area contributed by atoms with Gasteiger partial charge in [-0.1, -0.05) is 19.3 Å². The first-order valence-electron chi connectivity index (χ1n) is 6.38. The number of esters is 1. The first-order chi connectivity index (χ1) is 7.36. The largest absolute Gasteiger partial charge is 0.462 e. The van der Waals surface area contributed by atoms with Crippen molar-refractivity contribution in [2.45, 2.75) is 63.9 Å². The molecule has 15 heavy (non-hydrogen) atoms. The van der Waals surface area contributed by atoms with Crippen LogP contribution in [0.4, 0.5) is 0 Å². The standard InChI is InChI=1S/C13H21O2/c14-13(11-7-3-1-4-8-11)15-12-9-5-2-6-10-12/h2,11-12H,1,3-10H2. The Hall–Kier alpha value is -0.530. The average molecular weight is 209 g/mol. The fourth-order valence-electron chi connectivity index (χ4n) is 2.61. The van der Waals surface area contributed by atoms with E-state index < -0.39 is 0 Å². The monoisotopic (exact) mass is 209 g/mol. The maximum absolute atomic E-state index is 11.8. The molecule has 2 nitrogen and oxygen atoms in total. The van der Waals surface area contributed by atoms with Crippen LogP contribution in [0.3, 0.4) is 0 Å². The molecule has 0 aromatic carbocycles. The Morgan fingerprint density at radius 2 is 1.67 bits per heavy atom. The molecular weight excluding hydrogens is 188 g/mol. The minimum Gasteiger partial charge on any atom is -0.462 e. The predicted molar refractivity (Wildman–Crippen MR) is 59.2 cm³/mol. The summed E-state index contributed by atoms with van der Waals surface area (Å²) in [4.78, 5) is 11.8. The highest BCUT2D eigenvalue weighted by Crippen LogP contribution is 2.27. The summed E-state index contributed by atoms with van der Waals surface area (Å²) in [5, 5.41) is 0. The molecule has 2 aliphatic rings. The molecule has 2 heteroatoms. The van der Waals surface area contributed by atoms with Gasteiger partial charge < -0.3 is 4.74 Å². The maximum atomic E-state index is 11.8. The van der Waals surface area contributed by atoms with Gasteiger partial charge in [-0.05, 0) is 44.9 Å². The van der Waals surface area contributed by atoms with Crippen molar-refractivity contribution in [3.63, 3.8) is 0 Å². The van der Waals surface area contributed by atoms with Gasteiger partial charge in [0.1, 0.15) is 6.10 Å². The lowest BCUT2D eigenvalue weighted by atomic mass is 9.89. The third-order valence-electron chi connectivity index (χ3n) is 3.61. The van der Waals surface area contributed by atoms with Crippen molar-refractivity contribution < 1.29 is 9.53 Å². The smallest absolute Gasteiger partial charge is 0.309 e. The molecule has 2 saturated carbocycles. The van der Waals surface area contributed by atoms with E-state index in [0.29, 0.717) is 0 Å². The van der Waals surface area contributed by atoms with Crippen LogP contribution in [-0.2, 0) is 9.53 Å². The van der Waals surface area contributed by atoms with Gasteiger partial charge in [-0.2, -0.15) is 0 Å². The molecule has 0 bridgehead atoms. The summed E-state index contributed by atoms with van der Waals surface area (Å²) in [6, 6.07) is 0. The molecule has 0 amide bonds. The number of rotatable bonds is 2. The topological polar surface area (TPSA) is 26.3 Å². The van der Waals surface area contributed by atoms with Crippen LogP contribution in [0.5, 0.6) is 0 Å². The van der Waals surface area contributed by atoms with E-state index in [4.69, 9.17) is 4.74 Å². The zero-order valence-corrected chi connectivity index (χ0v) is 9.41. The summed E-state index contributed by atoms with van der Waals surface area (Å²) in [5.41, 5.74) is 0. The van der Waals surface area contributed by atoms with Gasteiger partial charge >= 0.3 is 5.97 Å². The van der Waals surface area contributed by atoms with Crippen LogP contribution in [0, 0.1) is 12.3 Å². The van der Waals surface area contributed by atoms with E-state index in [-0.39, 0.29) is 18.0 Å². The Kier molecular flexibility index (Phi) is 4.04. The van der Waals surface area contributed by atoms with Gasteiger partial charge in [0.2, 0.25) is 0 Å². The predicted octanol–water partition coefficient (Wildman–Crippen LogP) is 3.26. The van der Waals surface area contributed by atoms with Crippen LogP contribution in [0.25, 0.3) is 0 Å². The lowest BCUT2D eigenvalue weighted by Gasteiger charge is -2.26. The zero-order valence-electron chi connectivity index (χ0n) is 9.41. The Morgan fingerprint density at radius 1 is 1.00 bits per heavy atom. The highest BCUT2D eigenvalue weighted by atomic mass is 16.5. The van der Waals surface area contributed by atoms with Gasteiger partial charge in [0, 0.05) is 0 Å². The summed E-state index contributed by atoms with van der Waals surface area (Å²) in [6.45, 7) is 0. The lowest BCUT2D eigenvalue weighted by Crippen LogP contribution is -2.27. The van der Waals surface area contributed by atoms with Gasteiger partial charge in [-0.15, -0.1) is 0 Å². The highest BCUT2D eigenvalue weighted by molar-refractivity contribution is 5.72. The van der Waals surface area contributed by atoms with Crippen LogP contribution < -0.4 is 0 Å². The second-order valence-electron chi connectivity index (χ2n) is 4.84. The first-order valence-corrected chi connectivity index (χ1v) is 6.38. The zero-order chi connectivity index (χ0) is 10.5. The maximum Gasteiger partial charge on any atom is 0.309 e. The number of hydrogen-bond acceptors (Lipinski definition) is 2. The average Bonchev–Trinajstić information content (AvgIpc) is 2.31. The van der Waals surface area contributed by atoms with Gasteiger partial charge in [-0.25, -0.2) is 0 Å². The summed E-state index contributed by atoms with van der Waals surface area (Å²) >= 11 is 0. The molecule has 0 aliphatic heterocycles. The first kappa shape index (κ1) is 11.0. The van der Waals surface area contributed by atoms with Gasteiger partial charge in [0.25, 0.3) is 0 Å². The van der Waals surface area contributed by atoms with Crippen LogP contribution in [0.15, 0.2) is 0 Å². The van der Waals surface area contributed by atoms with Crippen LogP contribution in [-0.4, -0.2) is 12.1 Å². The molecule has 0 aromatic rings. The van der Waals surface area contributed by atoms with Gasteiger partial charge in [-0.3, -0.25) is 4.79 Å². The van der Waals surface area contributed by atoms with Crippen molar-refractivity contribution >= 4 is 5.97 Å². The minimum absolute atomic E-state index is 0.0848. The number of carbonyl (C=O) groups excluding carboxylic acids is 1. The highest BCUT2D eigenvalue weighted by Gasteiger charge is 2.25. The molecule has 1 radical (unpaired) electrons. The van der Waals surface area contributed by atoms with E-state index in [1.165, 1.54) is 19.3 Å². The SMILES string of the molecule is O=C(OC1CC[CH]CC1)C1CCCCC1. The molecule has 2 aliphatic carbocycles. The van der Waals surface area contributed by atoms with Crippen LogP contribution >= 0.6 is 0 Å². The molecule has 0 unspecified atom stereocenters. The Labute approximate surface area is 92.4 Å². The number of ether oxygens (including phenoxy) is 1. The molecule has 0 heterocycles. The van der Waals surface area contributed by atoms with Crippen molar-refractivity contribution in [3.8, 4) is 0 Å². The molecule has 0 spiro atoms. The minimum atomic E-state index is 0.0848. The third-order valence-corrected chi connectivity index (χ3v) is 3.61. The van der Waals surface area contributed by atoms with Gasteiger partial charge in [0.05, 0.1) is 5.92 Å². The van der Waals surface area contributed by atoms with E-state index >= 15 is 0 Å². The molecule has 2 fully saturated rings. The Morgan fingerprint density at radius 3 is 2.33 bits per heavy atom. The van der Waals surface area contributed by atoms with E-state index in [1.54, 1.807) is 0 Å². The molecular formula is C13H21O2. The van der Waals surface area contributed by atoms with Gasteiger partial charge in [0.15, 0.2) is 0 Å². The fourth-order valence-corrected chi connectivity index (χ4v) is 2.61. The van der Waals surface area contributed by atoms with E-state index in [9.17, 15) is 4.79 Å². The van der Waals surface area contributed by atoms with Crippen molar-refractivity contribution in [2.24, 2.45) is 5.92 Å². The Bertz CT molecular complexity index is 201. The third kappa shape index (κ3) is 3.22. The summed E-state index contributed by atoms with van der Waals surface area (Å²) in [7, 11) is 0. The summed E-state index contributed by atoms with van der Waals surface area (Å²) in [6.07, 6.45) is 12.6. The lowest BCUT2D eigenvalue weighted by molar-refractivity contribution is -0.156. The summed E-state index contributed by atoms with van der Waals surface area (Å²) < 4.78 is 5.57. The molecule has 0 aromatic heterocycles. The quantitative estimate of drug-likeness (QED) is 0.652. The number of carbonyl (C=O) groups is 1. The molecule has 2 rings (SSSR count). The molecule has 0 N–H and O–H groups in total. The molecule has 85 valence electrons. The second-order valence-corrected chi connectivity index (χ2v) is 4.84. The van der Waals surface area contributed by atoms with Crippen molar-refractivity contribution in [3.05, 3.63) is 6.42 Å². The summed E-state index contributed by atoms with van der Waals surface area (Å²) in [5.74, 6) is 0.297. The molecule has 0 saturated heterocycles. The Balaban J connectivity index is 1.74. The number of hydrogen-bond donors (Lipinski definition) is 0. The van der Waals surface area contributed by atoms with Crippen LogP contribution in [0.2, 0.25) is 0 Å². The van der Waals surface area contributed by atoms with E-state index in [1.807, 2.05) is 0 Å². The van der Waals surface area contributed by atoms with Crippen molar-refractivity contribution in [2.75, 3.05) is 0 Å². The van der Waals surface area contributed by atoms with Crippen molar-refractivity contribution in [1.82, 2.24) is 0 Å².